The minimum absolute atomic E-state index is 0.733. The van der Waals surface area contributed by atoms with Crippen LogP contribution in [-0.2, 0) is 0 Å². The van der Waals surface area contributed by atoms with E-state index in [0.29, 0.717) is 0 Å². The lowest BCUT2D eigenvalue weighted by Crippen LogP contribution is -1.94. The average molecular weight is 240 g/mol. The first-order chi connectivity index (χ1) is 8.25. The van der Waals surface area contributed by atoms with Gasteiger partial charge in [0.15, 0.2) is 0 Å². The van der Waals surface area contributed by atoms with Gasteiger partial charge in [0.05, 0.1) is 0 Å². The Balaban J connectivity index is 2.27. The fraction of sp³-hybridized carbons (Fsp3) is 0. The molecule has 0 aliphatic rings. The number of rotatable bonds is 1. The summed E-state index contributed by atoms with van der Waals surface area (Å²) in [5.41, 5.74) is 14.4. The molecule has 0 aliphatic heterocycles. The number of thiophene rings is 1. The standard InChI is InChI=1S/C14H12N2S/c15-10-5-3-6-11(16)14(10)13-8-9-4-1-2-7-12(9)17-13/h1-8H,15-16H2. The van der Waals surface area contributed by atoms with Crippen molar-refractivity contribution in [2.75, 3.05) is 11.5 Å². The van der Waals surface area contributed by atoms with Crippen molar-refractivity contribution < 1.29 is 0 Å². The Morgan fingerprint density at radius 2 is 1.53 bits per heavy atom. The number of benzene rings is 2. The summed E-state index contributed by atoms with van der Waals surface area (Å²) < 4.78 is 1.25. The van der Waals surface area contributed by atoms with Crippen LogP contribution in [0.2, 0.25) is 0 Å². The lowest BCUT2D eigenvalue weighted by Gasteiger charge is -2.05. The van der Waals surface area contributed by atoms with Crippen LogP contribution in [0.4, 0.5) is 11.4 Å². The van der Waals surface area contributed by atoms with E-state index < -0.39 is 0 Å². The van der Waals surface area contributed by atoms with Gasteiger partial charge in [0.1, 0.15) is 0 Å². The lowest BCUT2D eigenvalue weighted by atomic mass is 10.1. The number of fused-ring (bicyclic) bond motifs is 1. The van der Waals surface area contributed by atoms with E-state index in [1.165, 1.54) is 10.1 Å². The summed E-state index contributed by atoms with van der Waals surface area (Å²) in [5.74, 6) is 0. The molecule has 0 spiro atoms. The van der Waals surface area contributed by atoms with E-state index in [-0.39, 0.29) is 0 Å². The molecule has 0 radical (unpaired) electrons. The van der Waals surface area contributed by atoms with Crippen LogP contribution in [0.25, 0.3) is 20.5 Å². The Morgan fingerprint density at radius 3 is 2.24 bits per heavy atom. The molecule has 0 bridgehead atoms. The third kappa shape index (κ3) is 1.65. The van der Waals surface area contributed by atoms with E-state index in [4.69, 9.17) is 11.5 Å². The molecule has 2 nitrogen and oxygen atoms in total. The smallest absolute Gasteiger partial charge is 0.0422 e. The van der Waals surface area contributed by atoms with Crippen molar-refractivity contribution in [3.05, 3.63) is 48.5 Å². The summed E-state index contributed by atoms with van der Waals surface area (Å²) in [6.45, 7) is 0. The molecule has 0 aliphatic carbocycles. The molecule has 4 N–H and O–H groups in total. The number of nitrogen functional groups attached to an aromatic ring is 2. The third-order valence-corrected chi connectivity index (χ3v) is 3.93. The number of hydrogen-bond acceptors (Lipinski definition) is 3. The largest absolute Gasteiger partial charge is 0.398 e. The van der Waals surface area contributed by atoms with Gasteiger partial charge in [-0.05, 0) is 29.7 Å². The quantitative estimate of drug-likeness (QED) is 0.637. The minimum atomic E-state index is 0.733. The SMILES string of the molecule is Nc1cccc(N)c1-c1cc2ccccc2s1. The van der Waals surface area contributed by atoms with E-state index in [0.717, 1.165) is 21.8 Å². The molecule has 3 rings (SSSR count). The highest BCUT2D eigenvalue weighted by Crippen LogP contribution is 2.39. The molecule has 1 heterocycles. The monoisotopic (exact) mass is 240 g/mol. The van der Waals surface area contributed by atoms with Gasteiger partial charge >= 0.3 is 0 Å². The normalized spacial score (nSPS) is 10.8. The van der Waals surface area contributed by atoms with E-state index in [2.05, 4.69) is 18.2 Å². The first-order valence-electron chi connectivity index (χ1n) is 5.38. The zero-order valence-corrected chi connectivity index (χ0v) is 10.00. The molecule has 17 heavy (non-hydrogen) atoms. The number of anilines is 2. The van der Waals surface area contributed by atoms with Crippen molar-refractivity contribution in [3.63, 3.8) is 0 Å². The molecule has 0 unspecified atom stereocenters. The second-order valence-corrected chi connectivity index (χ2v) is 5.04. The van der Waals surface area contributed by atoms with Crippen LogP contribution in [0.15, 0.2) is 48.5 Å². The van der Waals surface area contributed by atoms with E-state index >= 15 is 0 Å². The van der Waals surface area contributed by atoms with Gasteiger partial charge < -0.3 is 11.5 Å². The Bertz CT molecular complexity index is 632. The minimum Gasteiger partial charge on any atom is -0.398 e. The molecule has 2 aromatic carbocycles. The molecule has 0 saturated carbocycles. The predicted octanol–water partition coefficient (Wildman–Crippen LogP) is 3.73. The summed E-state index contributed by atoms with van der Waals surface area (Å²) in [7, 11) is 0. The summed E-state index contributed by atoms with van der Waals surface area (Å²) in [6, 6.07) is 16.1. The van der Waals surface area contributed by atoms with Gasteiger partial charge in [-0.3, -0.25) is 0 Å². The number of hydrogen-bond donors (Lipinski definition) is 2. The van der Waals surface area contributed by atoms with Crippen molar-refractivity contribution in [3.8, 4) is 10.4 Å². The highest BCUT2D eigenvalue weighted by Gasteiger charge is 2.09. The van der Waals surface area contributed by atoms with E-state index in [1.54, 1.807) is 11.3 Å². The molecule has 1 aromatic heterocycles. The molecule has 0 atom stereocenters. The van der Waals surface area contributed by atoms with Crippen LogP contribution >= 0.6 is 11.3 Å². The second-order valence-electron chi connectivity index (χ2n) is 3.96. The van der Waals surface area contributed by atoms with Gasteiger partial charge in [0, 0.05) is 26.5 Å². The second kappa shape index (κ2) is 3.79. The first-order valence-corrected chi connectivity index (χ1v) is 6.20. The van der Waals surface area contributed by atoms with Crippen molar-refractivity contribution in [1.29, 1.82) is 0 Å². The van der Waals surface area contributed by atoms with E-state index in [9.17, 15) is 0 Å². The fourth-order valence-electron chi connectivity index (χ4n) is 1.98. The molecular formula is C14H12N2S. The third-order valence-electron chi connectivity index (χ3n) is 2.80. The molecule has 0 saturated heterocycles. The molecule has 0 amide bonds. The average Bonchev–Trinajstić information content (AvgIpc) is 2.71. The van der Waals surface area contributed by atoms with Gasteiger partial charge in [0.2, 0.25) is 0 Å². The summed E-state index contributed by atoms with van der Waals surface area (Å²) in [5, 5.41) is 1.23. The van der Waals surface area contributed by atoms with Crippen LogP contribution in [0.1, 0.15) is 0 Å². The van der Waals surface area contributed by atoms with Gasteiger partial charge in [-0.15, -0.1) is 11.3 Å². The van der Waals surface area contributed by atoms with Crippen molar-refractivity contribution in [1.82, 2.24) is 0 Å². The van der Waals surface area contributed by atoms with Gasteiger partial charge in [-0.25, -0.2) is 0 Å². The van der Waals surface area contributed by atoms with Crippen LogP contribution < -0.4 is 11.5 Å². The topological polar surface area (TPSA) is 52.0 Å². The predicted molar refractivity (Wildman–Crippen MR) is 76.1 cm³/mol. The van der Waals surface area contributed by atoms with Crippen molar-refractivity contribution >= 4 is 32.8 Å². The van der Waals surface area contributed by atoms with E-state index in [1.807, 2.05) is 30.3 Å². The Labute approximate surface area is 103 Å². The molecule has 84 valence electrons. The molecule has 0 fully saturated rings. The maximum atomic E-state index is 6.00. The van der Waals surface area contributed by atoms with Crippen molar-refractivity contribution in [2.24, 2.45) is 0 Å². The zero-order valence-electron chi connectivity index (χ0n) is 9.18. The Kier molecular flexibility index (Phi) is 2.27. The fourth-order valence-corrected chi connectivity index (χ4v) is 3.13. The Morgan fingerprint density at radius 1 is 0.824 bits per heavy atom. The highest BCUT2D eigenvalue weighted by molar-refractivity contribution is 7.22. The maximum Gasteiger partial charge on any atom is 0.0422 e. The van der Waals surface area contributed by atoms with Gasteiger partial charge in [-0.2, -0.15) is 0 Å². The summed E-state index contributed by atoms with van der Waals surface area (Å²) in [6.07, 6.45) is 0. The highest BCUT2D eigenvalue weighted by atomic mass is 32.1. The Hall–Kier alpha value is -2.00. The zero-order chi connectivity index (χ0) is 11.8. The van der Waals surface area contributed by atoms with Crippen molar-refractivity contribution in [2.45, 2.75) is 0 Å². The first kappa shape index (κ1) is 10.2. The lowest BCUT2D eigenvalue weighted by molar-refractivity contribution is 1.66. The van der Waals surface area contributed by atoms with Gasteiger partial charge in [-0.1, -0.05) is 24.3 Å². The van der Waals surface area contributed by atoms with Crippen LogP contribution in [0.3, 0.4) is 0 Å². The summed E-state index contributed by atoms with van der Waals surface area (Å²) >= 11 is 1.72. The molecule has 3 aromatic rings. The van der Waals surface area contributed by atoms with Crippen LogP contribution in [-0.4, -0.2) is 0 Å². The van der Waals surface area contributed by atoms with Crippen LogP contribution in [0.5, 0.6) is 0 Å². The summed E-state index contributed by atoms with van der Waals surface area (Å²) in [4.78, 5) is 1.13. The molecule has 3 heteroatoms. The van der Waals surface area contributed by atoms with Crippen LogP contribution in [0, 0.1) is 0 Å². The maximum absolute atomic E-state index is 6.00. The molecular weight excluding hydrogens is 228 g/mol. The number of nitrogens with two attached hydrogens (primary N) is 2. The van der Waals surface area contributed by atoms with Gasteiger partial charge in [0.25, 0.3) is 0 Å².